The van der Waals surface area contributed by atoms with Crippen molar-refractivity contribution in [2.24, 2.45) is 5.92 Å². The number of rotatable bonds is 7. The number of benzene rings is 1. The Kier molecular flexibility index (Phi) is 6.62. The third kappa shape index (κ3) is 4.98. The number of piperidine rings is 1. The Morgan fingerprint density at radius 3 is 2.90 bits per heavy atom. The van der Waals surface area contributed by atoms with Crippen molar-refractivity contribution < 1.29 is 4.74 Å². The van der Waals surface area contributed by atoms with Crippen molar-refractivity contribution in [3.8, 4) is 5.75 Å². The summed E-state index contributed by atoms with van der Waals surface area (Å²) in [6, 6.07) is 7.27. The monoisotopic (exact) mass is 427 g/mol. The number of nitrogens with zero attached hydrogens (tertiary/aromatic N) is 2. The van der Waals surface area contributed by atoms with Crippen LogP contribution in [0, 0.1) is 12.8 Å². The highest BCUT2D eigenvalue weighted by atomic mass is 35.5. The fourth-order valence-electron chi connectivity index (χ4n) is 3.71. The molecular formula is C22H26ClN5O2. The molecule has 0 atom stereocenters. The second kappa shape index (κ2) is 9.55. The van der Waals surface area contributed by atoms with Crippen molar-refractivity contribution in [2.75, 3.05) is 19.6 Å². The first-order chi connectivity index (χ1) is 14.6. The number of aromatic nitrogens is 3. The van der Waals surface area contributed by atoms with E-state index in [1.165, 1.54) is 12.8 Å². The molecule has 3 N–H and O–H groups in total. The second-order valence-electron chi connectivity index (χ2n) is 7.71. The molecule has 1 aliphatic heterocycles. The number of nitrogens with one attached hydrogen (secondary N) is 3. The van der Waals surface area contributed by atoms with Gasteiger partial charge in [-0.3, -0.25) is 9.78 Å². The summed E-state index contributed by atoms with van der Waals surface area (Å²) in [5.41, 5.74) is 2.22. The average Bonchev–Trinajstić information content (AvgIpc) is 2.74. The standard InChI is InChI=1S/C22H26ClN5O2/c1-14-2-3-19(17(23)10-14)30-13-20-27-21-16(22(29)28-20)6-9-26-18(21)12-25-11-15-4-7-24-8-5-15/h2-3,6,9-10,15,24-25H,4-5,7-8,11-13H2,1H3,(H,27,28,29). The second-order valence-corrected chi connectivity index (χ2v) is 8.12. The minimum absolute atomic E-state index is 0.116. The molecule has 0 bridgehead atoms. The smallest absolute Gasteiger partial charge is 0.258 e. The van der Waals surface area contributed by atoms with Crippen LogP contribution in [0.25, 0.3) is 10.9 Å². The number of ether oxygens (including phenoxy) is 1. The van der Waals surface area contributed by atoms with Crippen molar-refractivity contribution in [3.05, 3.63) is 62.9 Å². The van der Waals surface area contributed by atoms with E-state index in [4.69, 9.17) is 16.3 Å². The van der Waals surface area contributed by atoms with Crippen LogP contribution in [0.1, 0.15) is 29.9 Å². The lowest BCUT2D eigenvalue weighted by Crippen LogP contribution is -2.33. The first-order valence-corrected chi connectivity index (χ1v) is 10.6. The summed E-state index contributed by atoms with van der Waals surface area (Å²) in [6.45, 7) is 5.73. The third-order valence-electron chi connectivity index (χ3n) is 5.39. The number of hydrogen-bond donors (Lipinski definition) is 3. The summed E-state index contributed by atoms with van der Waals surface area (Å²) in [7, 11) is 0. The first kappa shape index (κ1) is 20.8. The molecule has 0 radical (unpaired) electrons. The van der Waals surface area contributed by atoms with E-state index in [0.717, 1.165) is 30.9 Å². The SMILES string of the molecule is Cc1ccc(OCc2nc3c(CNCC4CCNCC4)nccc3c(=O)[nH]2)c(Cl)c1. The first-order valence-electron chi connectivity index (χ1n) is 10.3. The number of halogens is 1. The normalized spacial score (nSPS) is 14.9. The molecule has 0 amide bonds. The molecule has 0 spiro atoms. The number of fused-ring (bicyclic) bond motifs is 1. The van der Waals surface area contributed by atoms with Gasteiger partial charge >= 0.3 is 0 Å². The van der Waals surface area contributed by atoms with E-state index >= 15 is 0 Å². The van der Waals surface area contributed by atoms with Gasteiger partial charge in [0, 0.05) is 12.7 Å². The summed E-state index contributed by atoms with van der Waals surface area (Å²) < 4.78 is 5.78. The van der Waals surface area contributed by atoms with E-state index in [2.05, 4.69) is 25.6 Å². The van der Waals surface area contributed by atoms with Gasteiger partial charge in [0.15, 0.2) is 0 Å². The van der Waals surface area contributed by atoms with Crippen molar-refractivity contribution >= 4 is 22.5 Å². The summed E-state index contributed by atoms with van der Waals surface area (Å²) in [4.78, 5) is 24.4. The van der Waals surface area contributed by atoms with Gasteiger partial charge in [-0.15, -0.1) is 0 Å². The van der Waals surface area contributed by atoms with Gasteiger partial charge in [-0.25, -0.2) is 4.98 Å². The minimum atomic E-state index is -0.199. The zero-order chi connectivity index (χ0) is 20.9. The molecule has 30 heavy (non-hydrogen) atoms. The summed E-state index contributed by atoms with van der Waals surface area (Å²) >= 11 is 6.23. The average molecular weight is 428 g/mol. The lowest BCUT2D eigenvalue weighted by atomic mass is 9.98. The van der Waals surface area contributed by atoms with Crippen LogP contribution in [0.3, 0.4) is 0 Å². The van der Waals surface area contributed by atoms with E-state index in [9.17, 15) is 4.79 Å². The van der Waals surface area contributed by atoms with Gasteiger partial charge in [0.25, 0.3) is 5.56 Å². The highest BCUT2D eigenvalue weighted by Gasteiger charge is 2.14. The molecule has 0 aliphatic carbocycles. The molecule has 4 rings (SSSR count). The van der Waals surface area contributed by atoms with Crippen LogP contribution in [0.2, 0.25) is 5.02 Å². The Morgan fingerprint density at radius 1 is 1.27 bits per heavy atom. The summed E-state index contributed by atoms with van der Waals surface area (Å²) in [5.74, 6) is 1.66. The van der Waals surface area contributed by atoms with Gasteiger partial charge in [-0.05, 0) is 69.1 Å². The maximum atomic E-state index is 12.6. The molecule has 158 valence electrons. The predicted octanol–water partition coefficient (Wildman–Crippen LogP) is 2.95. The minimum Gasteiger partial charge on any atom is -0.484 e. The van der Waals surface area contributed by atoms with Crippen LogP contribution in [0.4, 0.5) is 0 Å². The van der Waals surface area contributed by atoms with Crippen LogP contribution in [-0.4, -0.2) is 34.6 Å². The quantitative estimate of drug-likeness (QED) is 0.537. The van der Waals surface area contributed by atoms with E-state index in [1.807, 2.05) is 25.1 Å². The molecule has 3 heterocycles. The predicted molar refractivity (Wildman–Crippen MR) is 118 cm³/mol. The number of aromatic amines is 1. The fourth-order valence-corrected chi connectivity index (χ4v) is 4.00. The van der Waals surface area contributed by atoms with Gasteiger partial charge in [0.1, 0.15) is 23.7 Å². The Labute approximate surface area is 180 Å². The van der Waals surface area contributed by atoms with Crippen molar-refractivity contribution in [2.45, 2.75) is 32.9 Å². The summed E-state index contributed by atoms with van der Waals surface area (Å²) in [6.07, 6.45) is 4.01. The number of hydrogen-bond acceptors (Lipinski definition) is 6. The van der Waals surface area contributed by atoms with E-state index < -0.39 is 0 Å². The van der Waals surface area contributed by atoms with Crippen LogP contribution in [-0.2, 0) is 13.2 Å². The number of pyridine rings is 1. The molecular weight excluding hydrogens is 402 g/mol. The zero-order valence-electron chi connectivity index (χ0n) is 17.0. The van der Waals surface area contributed by atoms with Crippen molar-refractivity contribution in [1.82, 2.24) is 25.6 Å². The van der Waals surface area contributed by atoms with Crippen molar-refractivity contribution in [3.63, 3.8) is 0 Å². The van der Waals surface area contributed by atoms with Gasteiger partial charge in [-0.2, -0.15) is 0 Å². The molecule has 8 heteroatoms. The maximum Gasteiger partial charge on any atom is 0.258 e. The molecule has 0 unspecified atom stereocenters. The topological polar surface area (TPSA) is 91.9 Å². The number of aryl methyl sites for hydroxylation is 1. The molecule has 7 nitrogen and oxygen atoms in total. The van der Waals surface area contributed by atoms with E-state index in [-0.39, 0.29) is 12.2 Å². The Bertz CT molecular complexity index is 1080. The molecule has 1 saturated heterocycles. The molecule has 3 aromatic rings. The lowest BCUT2D eigenvalue weighted by molar-refractivity contribution is 0.296. The largest absolute Gasteiger partial charge is 0.484 e. The Morgan fingerprint density at radius 2 is 2.10 bits per heavy atom. The fraction of sp³-hybridized carbons (Fsp3) is 0.409. The molecule has 0 saturated carbocycles. The van der Waals surface area contributed by atoms with Gasteiger partial charge < -0.3 is 20.4 Å². The van der Waals surface area contributed by atoms with Gasteiger partial charge in [-0.1, -0.05) is 17.7 Å². The molecule has 2 aromatic heterocycles. The molecule has 1 aromatic carbocycles. The molecule has 1 fully saturated rings. The zero-order valence-corrected chi connectivity index (χ0v) is 17.8. The van der Waals surface area contributed by atoms with E-state index in [0.29, 0.717) is 40.0 Å². The molecule has 1 aliphatic rings. The highest BCUT2D eigenvalue weighted by Crippen LogP contribution is 2.25. The van der Waals surface area contributed by atoms with E-state index in [1.54, 1.807) is 12.3 Å². The number of H-pyrrole nitrogens is 1. The van der Waals surface area contributed by atoms with Gasteiger partial charge in [0.05, 0.1) is 16.1 Å². The Balaban J connectivity index is 1.49. The van der Waals surface area contributed by atoms with Crippen molar-refractivity contribution in [1.29, 1.82) is 0 Å². The third-order valence-corrected chi connectivity index (χ3v) is 5.68. The lowest BCUT2D eigenvalue weighted by Gasteiger charge is -2.22. The van der Waals surface area contributed by atoms with Crippen LogP contribution in [0.5, 0.6) is 5.75 Å². The highest BCUT2D eigenvalue weighted by molar-refractivity contribution is 6.32. The van der Waals surface area contributed by atoms with Crippen LogP contribution >= 0.6 is 11.6 Å². The van der Waals surface area contributed by atoms with Crippen LogP contribution < -0.4 is 20.9 Å². The van der Waals surface area contributed by atoms with Crippen LogP contribution in [0.15, 0.2) is 35.3 Å². The van der Waals surface area contributed by atoms with Gasteiger partial charge in [0.2, 0.25) is 0 Å². The summed E-state index contributed by atoms with van der Waals surface area (Å²) in [5, 5.41) is 7.92. The Hall–Kier alpha value is -2.48. The maximum absolute atomic E-state index is 12.6.